The summed E-state index contributed by atoms with van der Waals surface area (Å²) in [5.74, 6) is 5.86. The summed E-state index contributed by atoms with van der Waals surface area (Å²) < 4.78 is 6.83. The van der Waals surface area contributed by atoms with E-state index < -0.39 is 17.3 Å². The van der Waals surface area contributed by atoms with Crippen molar-refractivity contribution in [1.29, 1.82) is 0 Å². The average molecular weight is 552 g/mol. The normalized spacial score (nSPS) is 19.3. The predicted octanol–water partition coefficient (Wildman–Crippen LogP) is 5.11. The fourth-order valence-electron chi connectivity index (χ4n) is 5.50. The highest BCUT2D eigenvalue weighted by atomic mass is 35.5. The Morgan fingerprint density at radius 1 is 1.18 bits per heavy atom. The Bertz CT molecular complexity index is 1380. The van der Waals surface area contributed by atoms with E-state index in [1.807, 2.05) is 62.4 Å². The van der Waals surface area contributed by atoms with E-state index in [1.54, 1.807) is 6.07 Å². The first kappa shape index (κ1) is 28.3. The molecule has 206 valence electrons. The number of rotatable bonds is 9. The maximum Gasteiger partial charge on any atom is 0.405 e. The van der Waals surface area contributed by atoms with Crippen molar-refractivity contribution in [3.05, 3.63) is 81.6 Å². The molecule has 0 bridgehead atoms. The van der Waals surface area contributed by atoms with Gasteiger partial charge in [-0.05, 0) is 81.5 Å². The second-order valence-electron chi connectivity index (χ2n) is 10.7. The first-order chi connectivity index (χ1) is 18.5. The topological polar surface area (TPSA) is 134 Å². The molecule has 1 aromatic heterocycles. The van der Waals surface area contributed by atoms with Crippen LogP contribution in [0, 0.1) is 0 Å². The summed E-state index contributed by atoms with van der Waals surface area (Å²) in [6.45, 7) is 3.70. The van der Waals surface area contributed by atoms with Gasteiger partial charge in [0.1, 0.15) is 11.3 Å². The standard InChI is InChI=1S/C29H34ClN5O4/c1-28(2,39-27(31)38)15-16-29(21-9-6-10-22(30)17-21)13-11-23(12-14-29)35-26(37)25(34(32)19-36)18-24(33-35)20-7-4-3-5-8-20/h3-10,17-19,23H,11-16,32H2,1-2H3,(H2,31,38). The number of hydrogen-bond donors (Lipinski definition) is 2. The van der Waals surface area contributed by atoms with Crippen molar-refractivity contribution in [1.82, 2.24) is 9.78 Å². The van der Waals surface area contributed by atoms with Gasteiger partial charge >= 0.3 is 6.09 Å². The van der Waals surface area contributed by atoms with E-state index in [4.69, 9.17) is 33.0 Å². The molecular weight excluding hydrogens is 518 g/mol. The summed E-state index contributed by atoms with van der Waals surface area (Å²) in [4.78, 5) is 36.3. The number of benzene rings is 2. The zero-order valence-electron chi connectivity index (χ0n) is 22.2. The lowest BCUT2D eigenvalue weighted by atomic mass is 9.65. The number of halogens is 1. The summed E-state index contributed by atoms with van der Waals surface area (Å²) >= 11 is 6.38. The van der Waals surface area contributed by atoms with Gasteiger partial charge in [0.15, 0.2) is 0 Å². The lowest BCUT2D eigenvalue weighted by Gasteiger charge is -2.42. The maximum atomic E-state index is 13.4. The van der Waals surface area contributed by atoms with E-state index >= 15 is 0 Å². The van der Waals surface area contributed by atoms with E-state index in [0.717, 1.165) is 35.4 Å². The third-order valence-electron chi connectivity index (χ3n) is 7.65. The van der Waals surface area contributed by atoms with Crippen LogP contribution in [-0.4, -0.2) is 27.9 Å². The van der Waals surface area contributed by atoms with Crippen molar-refractivity contribution in [2.75, 3.05) is 5.01 Å². The molecule has 0 unspecified atom stereocenters. The highest BCUT2D eigenvalue weighted by Gasteiger charge is 2.40. The summed E-state index contributed by atoms with van der Waals surface area (Å²) in [5.41, 5.74) is 6.44. The van der Waals surface area contributed by atoms with Crippen molar-refractivity contribution in [2.45, 2.75) is 69.4 Å². The minimum atomic E-state index is -0.802. The molecule has 9 nitrogen and oxygen atoms in total. The molecule has 0 spiro atoms. The molecule has 1 aliphatic rings. The van der Waals surface area contributed by atoms with E-state index in [0.29, 0.717) is 36.4 Å². The second kappa shape index (κ2) is 11.6. The summed E-state index contributed by atoms with van der Waals surface area (Å²) in [7, 11) is 0. The van der Waals surface area contributed by atoms with Crippen LogP contribution in [0.2, 0.25) is 5.02 Å². The molecule has 1 fully saturated rings. The fourth-order valence-corrected chi connectivity index (χ4v) is 5.69. The van der Waals surface area contributed by atoms with Crippen LogP contribution in [0.3, 0.4) is 0 Å². The third-order valence-corrected chi connectivity index (χ3v) is 7.89. The summed E-state index contributed by atoms with van der Waals surface area (Å²) in [6.07, 6.45) is 3.79. The number of aromatic nitrogens is 2. The van der Waals surface area contributed by atoms with Crippen LogP contribution in [0.1, 0.15) is 64.0 Å². The van der Waals surface area contributed by atoms with Gasteiger partial charge in [0.2, 0.25) is 6.41 Å². The molecular formula is C29H34ClN5O4. The molecule has 1 aliphatic carbocycles. The van der Waals surface area contributed by atoms with Crippen molar-refractivity contribution < 1.29 is 14.3 Å². The summed E-state index contributed by atoms with van der Waals surface area (Å²) in [5, 5.41) is 6.16. The zero-order valence-corrected chi connectivity index (χ0v) is 22.9. The van der Waals surface area contributed by atoms with Crippen molar-refractivity contribution in [3.63, 3.8) is 0 Å². The number of amides is 2. The Hall–Kier alpha value is -3.69. The number of anilines is 1. The van der Waals surface area contributed by atoms with E-state index in [-0.39, 0.29) is 17.1 Å². The van der Waals surface area contributed by atoms with Gasteiger partial charge in [-0.2, -0.15) is 5.10 Å². The second-order valence-corrected chi connectivity index (χ2v) is 11.2. The molecule has 2 amide bonds. The van der Waals surface area contributed by atoms with Gasteiger partial charge in [0, 0.05) is 10.6 Å². The van der Waals surface area contributed by atoms with Crippen LogP contribution < -0.4 is 22.1 Å². The molecule has 0 atom stereocenters. The van der Waals surface area contributed by atoms with Crippen molar-refractivity contribution in [2.24, 2.45) is 11.6 Å². The zero-order chi connectivity index (χ0) is 28.2. The van der Waals surface area contributed by atoms with Gasteiger partial charge < -0.3 is 10.5 Å². The molecule has 0 aliphatic heterocycles. The number of hydrogen-bond acceptors (Lipinski definition) is 6. The van der Waals surface area contributed by atoms with Crippen molar-refractivity contribution in [3.8, 4) is 11.3 Å². The molecule has 3 aromatic rings. The molecule has 0 radical (unpaired) electrons. The van der Waals surface area contributed by atoms with Gasteiger partial charge in [0.05, 0.1) is 11.7 Å². The maximum absolute atomic E-state index is 13.4. The SMILES string of the molecule is CC(C)(CCC1(c2cccc(Cl)c2)CCC(n2nc(-c3ccccc3)cc(N(N)C=O)c2=O)CC1)OC(N)=O. The van der Waals surface area contributed by atoms with Crippen LogP contribution in [0.4, 0.5) is 10.5 Å². The number of carbonyl (C=O) groups excluding carboxylic acids is 2. The highest BCUT2D eigenvalue weighted by molar-refractivity contribution is 6.30. The smallest absolute Gasteiger partial charge is 0.405 e. The largest absolute Gasteiger partial charge is 0.444 e. The Morgan fingerprint density at radius 2 is 1.87 bits per heavy atom. The van der Waals surface area contributed by atoms with E-state index in [9.17, 15) is 14.4 Å². The summed E-state index contributed by atoms with van der Waals surface area (Å²) in [6, 6.07) is 18.6. The number of carbonyl (C=O) groups is 2. The van der Waals surface area contributed by atoms with Crippen LogP contribution >= 0.6 is 11.6 Å². The highest BCUT2D eigenvalue weighted by Crippen LogP contribution is 2.47. The first-order valence-electron chi connectivity index (χ1n) is 13.0. The van der Waals surface area contributed by atoms with Gasteiger partial charge in [-0.1, -0.05) is 54.1 Å². The van der Waals surface area contributed by atoms with Gasteiger partial charge in [0.25, 0.3) is 5.56 Å². The molecule has 4 rings (SSSR count). The molecule has 0 saturated heterocycles. The Balaban J connectivity index is 1.67. The average Bonchev–Trinajstić information content (AvgIpc) is 2.92. The minimum Gasteiger partial charge on any atom is -0.444 e. The van der Waals surface area contributed by atoms with Crippen LogP contribution in [0.5, 0.6) is 0 Å². The van der Waals surface area contributed by atoms with Crippen LogP contribution in [0.25, 0.3) is 11.3 Å². The molecule has 39 heavy (non-hydrogen) atoms. The Kier molecular flexibility index (Phi) is 8.42. The quantitative estimate of drug-likeness (QED) is 0.164. The Morgan fingerprint density at radius 3 is 2.49 bits per heavy atom. The lowest BCUT2D eigenvalue weighted by molar-refractivity contribution is -0.107. The fraction of sp³-hybridized carbons (Fsp3) is 0.379. The van der Waals surface area contributed by atoms with Gasteiger partial charge in [-0.15, -0.1) is 0 Å². The Labute approximate surface area is 232 Å². The number of primary amides is 1. The van der Waals surface area contributed by atoms with E-state index in [2.05, 4.69) is 6.07 Å². The van der Waals surface area contributed by atoms with Gasteiger partial charge in [-0.25, -0.2) is 20.3 Å². The molecule has 1 heterocycles. The molecule has 4 N–H and O–H groups in total. The number of nitrogens with zero attached hydrogens (tertiary/aromatic N) is 3. The number of nitrogens with two attached hydrogens (primary N) is 2. The van der Waals surface area contributed by atoms with Crippen LogP contribution in [0.15, 0.2) is 65.5 Å². The number of ether oxygens (including phenoxy) is 1. The molecule has 1 saturated carbocycles. The minimum absolute atomic E-state index is 0.0656. The molecule has 2 aromatic carbocycles. The lowest BCUT2D eigenvalue weighted by Crippen LogP contribution is -2.41. The van der Waals surface area contributed by atoms with Crippen LogP contribution in [-0.2, 0) is 14.9 Å². The predicted molar refractivity (Wildman–Crippen MR) is 151 cm³/mol. The van der Waals surface area contributed by atoms with Crippen molar-refractivity contribution >= 4 is 29.8 Å². The van der Waals surface area contributed by atoms with Gasteiger partial charge in [-0.3, -0.25) is 9.59 Å². The third kappa shape index (κ3) is 6.49. The monoisotopic (exact) mass is 551 g/mol. The van der Waals surface area contributed by atoms with E-state index in [1.165, 1.54) is 4.68 Å². The molecule has 10 heteroatoms. The first-order valence-corrected chi connectivity index (χ1v) is 13.3. The number of hydrazine groups is 1.